The fourth-order valence-corrected chi connectivity index (χ4v) is 7.17. The number of hydrogen-bond acceptors (Lipinski definition) is 2. The second-order valence-electron chi connectivity index (χ2n) is 10.5. The average Bonchev–Trinajstić information content (AvgIpc) is 3.73. The first-order valence-electron chi connectivity index (χ1n) is 13.8. The van der Waals surface area contributed by atoms with E-state index in [1.807, 2.05) is 5.51 Å². The molecule has 0 bridgehead atoms. The van der Waals surface area contributed by atoms with Gasteiger partial charge in [-0.25, -0.2) is 4.98 Å². The van der Waals surface area contributed by atoms with Crippen molar-refractivity contribution >= 4 is 65.2 Å². The second-order valence-corrected chi connectivity index (χ2v) is 11.4. The van der Waals surface area contributed by atoms with Crippen molar-refractivity contribution in [3.8, 4) is 22.5 Å². The highest BCUT2D eigenvalue weighted by molar-refractivity contribution is 7.16. The lowest BCUT2D eigenvalue weighted by Gasteiger charge is -2.10. The van der Waals surface area contributed by atoms with Gasteiger partial charge in [0.2, 0.25) is 0 Å². The van der Waals surface area contributed by atoms with Crippen LogP contribution in [0.5, 0.6) is 0 Å². The van der Waals surface area contributed by atoms with Gasteiger partial charge in [-0.2, -0.15) is 0 Å². The third-order valence-corrected chi connectivity index (χ3v) is 9.07. The molecular formula is C37H23N3S. The lowest BCUT2D eigenvalue weighted by Crippen LogP contribution is -1.95. The topological polar surface area (TPSA) is 22.8 Å². The van der Waals surface area contributed by atoms with E-state index in [0.29, 0.717) is 0 Å². The molecular weight excluding hydrogens is 518 g/mol. The zero-order valence-corrected chi connectivity index (χ0v) is 22.8. The Labute approximate surface area is 240 Å². The highest BCUT2D eigenvalue weighted by Crippen LogP contribution is 2.39. The van der Waals surface area contributed by atoms with Gasteiger partial charge in [-0.05, 0) is 71.8 Å². The number of hydrogen-bond donors (Lipinski definition) is 0. The van der Waals surface area contributed by atoms with Crippen molar-refractivity contribution < 1.29 is 0 Å². The molecule has 9 aromatic rings. The molecule has 0 spiro atoms. The van der Waals surface area contributed by atoms with Crippen LogP contribution in [0.4, 0.5) is 0 Å². The van der Waals surface area contributed by atoms with Crippen LogP contribution in [-0.4, -0.2) is 14.1 Å². The molecule has 0 unspecified atom stereocenters. The number of nitrogens with zero attached hydrogens (tertiary/aromatic N) is 3. The minimum Gasteiger partial charge on any atom is -0.309 e. The smallest absolute Gasteiger partial charge is 0.105 e. The molecule has 0 amide bonds. The Morgan fingerprint density at radius 2 is 1.05 bits per heavy atom. The molecule has 0 atom stereocenters. The Balaban J connectivity index is 1.28. The number of para-hydroxylation sites is 4. The lowest BCUT2D eigenvalue weighted by molar-refractivity contribution is 1.18. The Morgan fingerprint density at radius 3 is 1.76 bits per heavy atom. The summed E-state index contributed by atoms with van der Waals surface area (Å²) in [6, 6.07) is 48.3. The molecule has 0 aliphatic heterocycles. The molecule has 3 nitrogen and oxygen atoms in total. The third kappa shape index (κ3) is 3.28. The number of fused-ring (bicyclic) bond motifs is 7. The van der Waals surface area contributed by atoms with Gasteiger partial charge < -0.3 is 9.13 Å². The first-order valence-corrected chi connectivity index (χ1v) is 14.7. The highest BCUT2D eigenvalue weighted by atomic mass is 32.1. The van der Waals surface area contributed by atoms with Crippen LogP contribution in [0.25, 0.3) is 76.3 Å². The van der Waals surface area contributed by atoms with Crippen molar-refractivity contribution in [2.45, 2.75) is 0 Å². The van der Waals surface area contributed by atoms with Crippen LogP contribution >= 0.6 is 11.3 Å². The predicted octanol–water partition coefficient (Wildman–Crippen LogP) is 10.2. The minimum absolute atomic E-state index is 1.05. The van der Waals surface area contributed by atoms with Crippen molar-refractivity contribution in [2.24, 2.45) is 0 Å². The van der Waals surface area contributed by atoms with E-state index in [2.05, 4.69) is 143 Å². The minimum atomic E-state index is 1.05. The molecule has 0 N–H and O–H groups in total. The van der Waals surface area contributed by atoms with Gasteiger partial charge >= 0.3 is 0 Å². The van der Waals surface area contributed by atoms with Crippen molar-refractivity contribution in [1.29, 1.82) is 0 Å². The highest BCUT2D eigenvalue weighted by Gasteiger charge is 2.17. The molecule has 6 aromatic carbocycles. The monoisotopic (exact) mass is 541 g/mol. The second kappa shape index (κ2) is 8.65. The summed E-state index contributed by atoms with van der Waals surface area (Å²) < 4.78 is 5.94. The molecule has 0 saturated carbocycles. The van der Waals surface area contributed by atoms with E-state index in [4.69, 9.17) is 4.98 Å². The summed E-state index contributed by atoms with van der Waals surface area (Å²) in [6.07, 6.45) is 0. The van der Waals surface area contributed by atoms with Gasteiger partial charge in [0.15, 0.2) is 0 Å². The van der Waals surface area contributed by atoms with E-state index in [0.717, 1.165) is 11.2 Å². The lowest BCUT2D eigenvalue weighted by atomic mass is 10.0. The largest absolute Gasteiger partial charge is 0.309 e. The average molecular weight is 542 g/mol. The van der Waals surface area contributed by atoms with E-state index in [-0.39, 0.29) is 0 Å². The van der Waals surface area contributed by atoms with E-state index >= 15 is 0 Å². The fraction of sp³-hybridized carbons (Fsp3) is 0. The molecule has 0 aliphatic rings. The number of benzene rings is 6. The normalized spacial score (nSPS) is 11.9. The van der Waals surface area contributed by atoms with Gasteiger partial charge in [-0.1, -0.05) is 72.8 Å². The Kier molecular flexibility index (Phi) is 4.77. The molecule has 0 aliphatic carbocycles. The molecule has 0 fully saturated rings. The van der Waals surface area contributed by atoms with Crippen molar-refractivity contribution in [1.82, 2.24) is 14.1 Å². The fourth-order valence-electron chi connectivity index (χ4n) is 6.47. The number of rotatable bonds is 3. The molecule has 0 radical (unpaired) electrons. The molecule has 41 heavy (non-hydrogen) atoms. The van der Waals surface area contributed by atoms with Gasteiger partial charge in [-0.3, -0.25) is 0 Å². The summed E-state index contributed by atoms with van der Waals surface area (Å²) >= 11 is 1.68. The summed E-state index contributed by atoms with van der Waals surface area (Å²) in [6.45, 7) is 0. The van der Waals surface area contributed by atoms with Crippen LogP contribution in [0, 0.1) is 0 Å². The summed E-state index contributed by atoms with van der Waals surface area (Å²) in [5.74, 6) is 0. The van der Waals surface area contributed by atoms with Crippen LogP contribution in [0.2, 0.25) is 0 Å². The Hall–Kier alpha value is -5.19. The molecule has 3 heterocycles. The number of aromatic nitrogens is 3. The van der Waals surface area contributed by atoms with E-state index in [9.17, 15) is 0 Å². The number of thiazole rings is 1. The summed E-state index contributed by atoms with van der Waals surface area (Å²) in [5.41, 5.74) is 12.5. The molecule has 4 heteroatoms. The maximum atomic E-state index is 4.73. The van der Waals surface area contributed by atoms with Gasteiger partial charge in [-0.15, -0.1) is 11.3 Å². The van der Waals surface area contributed by atoms with Crippen molar-refractivity contribution in [2.75, 3.05) is 0 Å². The Bertz CT molecular complexity index is 2420. The van der Waals surface area contributed by atoms with Gasteiger partial charge in [0.25, 0.3) is 0 Å². The summed E-state index contributed by atoms with van der Waals surface area (Å²) in [7, 11) is 0. The molecule has 0 saturated heterocycles. The van der Waals surface area contributed by atoms with E-state index in [1.165, 1.54) is 65.1 Å². The zero-order valence-electron chi connectivity index (χ0n) is 22.0. The predicted molar refractivity (Wildman–Crippen MR) is 174 cm³/mol. The van der Waals surface area contributed by atoms with Gasteiger partial charge in [0.1, 0.15) is 5.52 Å². The Morgan fingerprint density at radius 1 is 0.463 bits per heavy atom. The third-order valence-electron chi connectivity index (χ3n) is 8.27. The van der Waals surface area contributed by atoms with Crippen LogP contribution < -0.4 is 0 Å². The molecule has 9 rings (SSSR count). The van der Waals surface area contributed by atoms with E-state index < -0.39 is 0 Å². The zero-order chi connectivity index (χ0) is 26.9. The first-order chi connectivity index (χ1) is 20.3. The molecule has 192 valence electrons. The van der Waals surface area contributed by atoms with Crippen molar-refractivity contribution in [3.63, 3.8) is 0 Å². The van der Waals surface area contributed by atoms with Crippen LogP contribution in [-0.2, 0) is 0 Å². The van der Waals surface area contributed by atoms with Gasteiger partial charge in [0.05, 0.1) is 38.0 Å². The van der Waals surface area contributed by atoms with Gasteiger partial charge in [0, 0.05) is 27.2 Å². The summed E-state index contributed by atoms with van der Waals surface area (Å²) in [5, 5.41) is 5.03. The standard InChI is InChI=1S/C37H23N3S/c1-2-9-26(10-3-1)39-31-13-6-4-11-27(31)29-21-24(17-19-33(29)39)25-18-20-34-30(22-25)28-12-5-7-14-32(28)40(34)35-15-8-16-36-37(35)38-23-41-36/h1-23H. The van der Waals surface area contributed by atoms with Crippen LogP contribution in [0.3, 0.4) is 0 Å². The summed E-state index contributed by atoms with van der Waals surface area (Å²) in [4.78, 5) is 4.73. The van der Waals surface area contributed by atoms with E-state index in [1.54, 1.807) is 11.3 Å². The maximum Gasteiger partial charge on any atom is 0.105 e. The van der Waals surface area contributed by atoms with Crippen LogP contribution in [0.1, 0.15) is 0 Å². The first kappa shape index (κ1) is 22.6. The molecule has 3 aromatic heterocycles. The van der Waals surface area contributed by atoms with Crippen LogP contribution in [0.15, 0.2) is 139 Å². The maximum absolute atomic E-state index is 4.73. The quantitative estimate of drug-likeness (QED) is 0.218. The SMILES string of the molecule is c1ccc(-n2c3ccccc3c3cc(-c4ccc5c(c4)c4ccccc4n5-c4cccc5scnc45)ccc32)cc1. The van der Waals surface area contributed by atoms with Crippen molar-refractivity contribution in [3.05, 3.63) is 139 Å².